The van der Waals surface area contributed by atoms with Gasteiger partial charge in [0.15, 0.2) is 0 Å². The van der Waals surface area contributed by atoms with E-state index in [4.69, 9.17) is 9.84 Å². The summed E-state index contributed by atoms with van der Waals surface area (Å²) in [5, 5.41) is 12.2. The highest BCUT2D eigenvalue weighted by atomic mass is 16.5. The molecular weight excluding hydrogens is 320 g/mol. The molecule has 1 saturated carbocycles. The number of nitrogens with zero attached hydrogens (tertiary/aromatic N) is 1. The highest BCUT2D eigenvalue weighted by molar-refractivity contribution is 5.75. The summed E-state index contributed by atoms with van der Waals surface area (Å²) in [7, 11) is 1.66. The number of hydrogen-bond donors (Lipinski definition) is 2. The summed E-state index contributed by atoms with van der Waals surface area (Å²) in [5.74, 6) is -0.117. The summed E-state index contributed by atoms with van der Waals surface area (Å²) in [6.07, 6.45) is 4.45. The van der Waals surface area contributed by atoms with E-state index >= 15 is 0 Å². The van der Waals surface area contributed by atoms with Gasteiger partial charge in [0.25, 0.3) is 0 Å². The molecule has 2 N–H and O–H groups in total. The number of methoxy groups -OCH3 is 1. The summed E-state index contributed by atoms with van der Waals surface area (Å²) in [6.45, 7) is 1.39. The van der Waals surface area contributed by atoms with Gasteiger partial charge in [0.1, 0.15) is 5.75 Å². The lowest BCUT2D eigenvalue weighted by atomic mass is 9.86. The van der Waals surface area contributed by atoms with Gasteiger partial charge in [-0.3, -0.25) is 4.79 Å². The predicted octanol–water partition coefficient (Wildman–Crippen LogP) is 2.45. The van der Waals surface area contributed by atoms with Crippen LogP contribution in [0, 0.1) is 5.92 Å². The quantitative estimate of drug-likeness (QED) is 0.881. The Labute approximate surface area is 148 Å². The molecule has 2 amide bonds. The molecule has 1 fully saturated rings. The molecule has 0 aromatic heterocycles. The van der Waals surface area contributed by atoms with Crippen molar-refractivity contribution in [2.45, 2.75) is 44.6 Å². The molecule has 1 aliphatic carbocycles. The summed E-state index contributed by atoms with van der Waals surface area (Å²) in [6, 6.07) is 6.18. The Balaban J connectivity index is 1.53. The zero-order valence-electron chi connectivity index (χ0n) is 14.7. The van der Waals surface area contributed by atoms with Crippen LogP contribution in [-0.2, 0) is 17.6 Å². The van der Waals surface area contributed by atoms with Crippen molar-refractivity contribution >= 4 is 12.0 Å². The summed E-state index contributed by atoms with van der Waals surface area (Å²) >= 11 is 0. The number of hydrogen-bond acceptors (Lipinski definition) is 3. The van der Waals surface area contributed by atoms with E-state index in [2.05, 4.69) is 17.4 Å². The minimum absolute atomic E-state index is 0.0291. The number of amides is 2. The van der Waals surface area contributed by atoms with Crippen LogP contribution in [0.25, 0.3) is 0 Å². The van der Waals surface area contributed by atoms with E-state index in [1.54, 1.807) is 7.11 Å². The maximum atomic E-state index is 12.6. The van der Waals surface area contributed by atoms with Gasteiger partial charge in [-0.15, -0.1) is 0 Å². The largest absolute Gasteiger partial charge is 0.497 e. The molecule has 1 aliphatic heterocycles. The molecule has 0 saturated heterocycles. The van der Waals surface area contributed by atoms with Gasteiger partial charge >= 0.3 is 12.0 Å². The average molecular weight is 346 g/mol. The molecule has 3 rings (SSSR count). The van der Waals surface area contributed by atoms with Gasteiger partial charge in [-0.25, -0.2) is 4.79 Å². The molecule has 25 heavy (non-hydrogen) atoms. The van der Waals surface area contributed by atoms with Crippen LogP contribution in [0.1, 0.15) is 36.8 Å². The normalized spacial score (nSPS) is 23.3. The number of urea groups is 1. The summed E-state index contributed by atoms with van der Waals surface area (Å²) in [4.78, 5) is 25.5. The third kappa shape index (κ3) is 4.24. The second-order valence-corrected chi connectivity index (χ2v) is 6.96. The summed E-state index contributed by atoms with van der Waals surface area (Å²) in [5.41, 5.74) is 2.52. The second-order valence-electron chi connectivity index (χ2n) is 6.96. The third-order valence-corrected chi connectivity index (χ3v) is 5.41. The molecular formula is C19H26N2O4. The number of benzene rings is 1. The molecule has 0 atom stereocenters. The molecule has 2 aliphatic rings. The smallest absolute Gasteiger partial charge is 0.317 e. The Bertz CT molecular complexity index is 638. The molecule has 0 bridgehead atoms. The van der Waals surface area contributed by atoms with Gasteiger partial charge < -0.3 is 20.1 Å². The van der Waals surface area contributed by atoms with Crippen molar-refractivity contribution in [3.8, 4) is 5.75 Å². The highest BCUT2D eigenvalue weighted by Gasteiger charge is 2.28. The van der Waals surface area contributed by atoms with Gasteiger partial charge in [-0.05, 0) is 61.8 Å². The van der Waals surface area contributed by atoms with Crippen molar-refractivity contribution in [1.82, 2.24) is 10.2 Å². The molecule has 1 aromatic rings. The van der Waals surface area contributed by atoms with E-state index in [1.807, 2.05) is 11.0 Å². The molecule has 136 valence electrons. The molecule has 1 aromatic carbocycles. The van der Waals surface area contributed by atoms with Gasteiger partial charge in [0, 0.05) is 19.1 Å². The maximum Gasteiger partial charge on any atom is 0.317 e. The summed E-state index contributed by atoms with van der Waals surface area (Å²) < 4.78 is 5.29. The highest BCUT2D eigenvalue weighted by Crippen LogP contribution is 2.25. The molecule has 0 radical (unpaired) electrons. The molecule has 6 heteroatoms. The minimum atomic E-state index is -0.717. The Kier molecular flexibility index (Phi) is 5.46. The maximum absolute atomic E-state index is 12.6. The molecule has 6 nitrogen and oxygen atoms in total. The standard InChI is InChI=1S/C19H26N2O4/c1-25-17-7-4-13-8-10-21(11-9-15(13)12-17)19(24)20-16-5-2-14(3-6-16)18(22)23/h4,7,12,14,16H,2-3,5-6,8-11H2,1H3,(H,20,24)(H,22,23). The first-order valence-electron chi connectivity index (χ1n) is 9.01. The lowest BCUT2D eigenvalue weighted by molar-refractivity contribution is -0.142. The van der Waals surface area contributed by atoms with E-state index in [0.717, 1.165) is 31.4 Å². The van der Waals surface area contributed by atoms with Crippen LogP contribution >= 0.6 is 0 Å². The first-order chi connectivity index (χ1) is 12.1. The fourth-order valence-electron chi connectivity index (χ4n) is 3.78. The van der Waals surface area contributed by atoms with Gasteiger partial charge in [-0.1, -0.05) is 6.07 Å². The number of carboxylic acids is 1. The number of carbonyl (C=O) groups is 2. The Hall–Kier alpha value is -2.24. The lowest BCUT2D eigenvalue weighted by Crippen LogP contribution is -2.47. The number of fused-ring (bicyclic) bond motifs is 1. The minimum Gasteiger partial charge on any atom is -0.497 e. The van der Waals surface area contributed by atoms with Crippen molar-refractivity contribution in [1.29, 1.82) is 0 Å². The van der Waals surface area contributed by atoms with Crippen molar-refractivity contribution < 1.29 is 19.4 Å². The number of carbonyl (C=O) groups excluding carboxylic acids is 1. The zero-order chi connectivity index (χ0) is 17.8. The van der Waals surface area contributed by atoms with Crippen LogP contribution in [0.5, 0.6) is 5.75 Å². The van der Waals surface area contributed by atoms with Crippen LogP contribution in [0.15, 0.2) is 18.2 Å². The van der Waals surface area contributed by atoms with E-state index in [9.17, 15) is 9.59 Å². The molecule has 0 spiro atoms. The van der Waals surface area contributed by atoms with Crippen molar-refractivity contribution in [2.75, 3.05) is 20.2 Å². The van der Waals surface area contributed by atoms with Gasteiger partial charge in [-0.2, -0.15) is 0 Å². The first kappa shape index (κ1) is 17.6. The van der Waals surface area contributed by atoms with Crippen LogP contribution in [0.2, 0.25) is 0 Å². The predicted molar refractivity (Wildman–Crippen MR) is 93.9 cm³/mol. The third-order valence-electron chi connectivity index (χ3n) is 5.41. The van der Waals surface area contributed by atoms with Crippen molar-refractivity contribution in [3.63, 3.8) is 0 Å². The Morgan fingerprint density at radius 3 is 2.44 bits per heavy atom. The van der Waals surface area contributed by atoms with E-state index < -0.39 is 5.97 Å². The van der Waals surface area contributed by atoms with Crippen molar-refractivity contribution in [3.05, 3.63) is 29.3 Å². The van der Waals surface area contributed by atoms with Crippen LogP contribution in [0.4, 0.5) is 4.79 Å². The Morgan fingerprint density at radius 2 is 1.80 bits per heavy atom. The topological polar surface area (TPSA) is 78.9 Å². The van der Waals surface area contributed by atoms with Crippen LogP contribution in [0.3, 0.4) is 0 Å². The molecule has 0 unspecified atom stereocenters. The number of aliphatic carboxylic acids is 1. The lowest BCUT2D eigenvalue weighted by Gasteiger charge is -2.29. The number of rotatable bonds is 3. The van der Waals surface area contributed by atoms with E-state index in [1.165, 1.54) is 11.1 Å². The van der Waals surface area contributed by atoms with E-state index in [-0.39, 0.29) is 18.0 Å². The first-order valence-corrected chi connectivity index (χ1v) is 9.01. The van der Waals surface area contributed by atoms with E-state index in [0.29, 0.717) is 25.9 Å². The van der Waals surface area contributed by atoms with Crippen LogP contribution in [-0.4, -0.2) is 48.2 Å². The Morgan fingerprint density at radius 1 is 1.12 bits per heavy atom. The fraction of sp³-hybridized carbons (Fsp3) is 0.579. The second kappa shape index (κ2) is 7.76. The SMILES string of the molecule is COc1ccc2c(c1)CCN(C(=O)NC1CCC(C(=O)O)CC1)CC2. The van der Waals surface area contributed by atoms with Crippen molar-refractivity contribution in [2.24, 2.45) is 5.92 Å². The monoisotopic (exact) mass is 346 g/mol. The number of ether oxygens (including phenoxy) is 1. The fourth-order valence-corrected chi connectivity index (χ4v) is 3.78. The van der Waals surface area contributed by atoms with Crippen LogP contribution < -0.4 is 10.1 Å². The average Bonchev–Trinajstić information content (AvgIpc) is 2.84. The number of nitrogens with one attached hydrogen (secondary N) is 1. The molecule has 1 heterocycles. The van der Waals surface area contributed by atoms with Gasteiger partial charge in [0.05, 0.1) is 13.0 Å². The zero-order valence-corrected chi connectivity index (χ0v) is 14.7. The number of carboxylic acid groups (broad SMARTS) is 1. The van der Waals surface area contributed by atoms with Gasteiger partial charge in [0.2, 0.25) is 0 Å².